The molecule has 0 fully saturated rings. The Bertz CT molecular complexity index is 749. The number of rotatable bonds is 6. The van der Waals surface area contributed by atoms with Crippen molar-refractivity contribution < 1.29 is 14.0 Å². The van der Waals surface area contributed by atoms with E-state index in [9.17, 15) is 14.0 Å². The average molecular weight is 345 g/mol. The molecule has 2 aromatic rings. The Morgan fingerprint density at radius 1 is 1.24 bits per heavy atom. The van der Waals surface area contributed by atoms with Crippen LogP contribution in [-0.4, -0.2) is 31.0 Å². The van der Waals surface area contributed by atoms with Gasteiger partial charge in [0.2, 0.25) is 5.91 Å². The molecule has 132 valence electrons. The lowest BCUT2D eigenvalue weighted by Crippen LogP contribution is -2.35. The lowest BCUT2D eigenvalue weighted by atomic mass is 10.0. The predicted molar refractivity (Wildman–Crippen MR) is 93.7 cm³/mol. The molecule has 1 atom stereocenters. The maximum absolute atomic E-state index is 13.9. The Hall–Kier alpha value is -3.16. The van der Waals surface area contributed by atoms with E-state index in [1.54, 1.807) is 18.2 Å². The van der Waals surface area contributed by atoms with Gasteiger partial charge in [0, 0.05) is 19.7 Å². The first-order valence-corrected chi connectivity index (χ1v) is 7.60. The third-order valence-corrected chi connectivity index (χ3v) is 3.48. The van der Waals surface area contributed by atoms with E-state index in [1.165, 1.54) is 24.4 Å². The smallest absolute Gasteiger partial charge is 0.312 e. The molecular weight excluding hydrogens is 325 g/mol. The first-order chi connectivity index (χ1) is 11.9. The van der Waals surface area contributed by atoms with Crippen LogP contribution < -0.4 is 21.3 Å². The van der Waals surface area contributed by atoms with Crippen molar-refractivity contribution in [3.8, 4) is 0 Å². The van der Waals surface area contributed by atoms with Crippen LogP contribution in [0.5, 0.6) is 0 Å². The average Bonchev–Trinajstić information content (AvgIpc) is 2.54. The van der Waals surface area contributed by atoms with E-state index in [1.807, 2.05) is 19.0 Å². The van der Waals surface area contributed by atoms with Crippen LogP contribution in [0.3, 0.4) is 0 Å². The summed E-state index contributed by atoms with van der Waals surface area (Å²) in [6, 6.07) is 7.66. The first kappa shape index (κ1) is 18.2. The van der Waals surface area contributed by atoms with Crippen LogP contribution in [0.15, 0.2) is 42.6 Å². The zero-order valence-electron chi connectivity index (χ0n) is 14.0. The number of anilines is 2. The first-order valence-electron chi connectivity index (χ1n) is 7.60. The molecule has 0 radical (unpaired) electrons. The third-order valence-electron chi connectivity index (χ3n) is 3.48. The monoisotopic (exact) mass is 345 g/mol. The van der Waals surface area contributed by atoms with Crippen LogP contribution >= 0.6 is 0 Å². The quantitative estimate of drug-likeness (QED) is 0.746. The van der Waals surface area contributed by atoms with Crippen molar-refractivity contribution >= 4 is 23.4 Å². The third kappa shape index (κ3) is 5.17. The van der Waals surface area contributed by atoms with Crippen LogP contribution in [0.1, 0.15) is 18.0 Å². The molecule has 0 aliphatic carbocycles. The topological polar surface area (TPSA) is 100 Å². The molecule has 8 heteroatoms. The molecule has 0 saturated carbocycles. The van der Waals surface area contributed by atoms with Gasteiger partial charge in [-0.2, -0.15) is 0 Å². The summed E-state index contributed by atoms with van der Waals surface area (Å²) in [4.78, 5) is 29.4. The van der Waals surface area contributed by atoms with E-state index in [4.69, 9.17) is 5.73 Å². The lowest BCUT2D eigenvalue weighted by molar-refractivity contribution is -0.116. The normalized spacial score (nSPS) is 11.5. The number of hydrogen-bond donors (Lipinski definition) is 3. The van der Waals surface area contributed by atoms with Crippen molar-refractivity contribution in [2.24, 2.45) is 5.73 Å². The molecule has 0 bridgehead atoms. The van der Waals surface area contributed by atoms with Gasteiger partial charge in [-0.3, -0.25) is 4.79 Å². The van der Waals surface area contributed by atoms with E-state index >= 15 is 0 Å². The summed E-state index contributed by atoms with van der Waals surface area (Å²) < 4.78 is 13.9. The molecule has 1 aromatic carbocycles. The summed E-state index contributed by atoms with van der Waals surface area (Å²) in [5.74, 6) is -0.176. The van der Waals surface area contributed by atoms with E-state index in [-0.39, 0.29) is 12.0 Å². The van der Waals surface area contributed by atoms with Gasteiger partial charge in [0.25, 0.3) is 0 Å². The summed E-state index contributed by atoms with van der Waals surface area (Å²) in [6.45, 7) is 0. The second kappa shape index (κ2) is 8.09. The number of nitrogens with one attached hydrogen (secondary N) is 2. The minimum Gasteiger partial charge on any atom is -0.363 e. The van der Waals surface area contributed by atoms with Crippen molar-refractivity contribution in [1.82, 2.24) is 10.3 Å². The maximum atomic E-state index is 13.9. The van der Waals surface area contributed by atoms with Crippen molar-refractivity contribution in [1.29, 1.82) is 0 Å². The lowest BCUT2D eigenvalue weighted by Gasteiger charge is -2.18. The van der Waals surface area contributed by atoms with Gasteiger partial charge in [-0.25, -0.2) is 14.2 Å². The predicted octanol–water partition coefficient (Wildman–Crippen LogP) is 2.02. The number of carbonyl (C=O) groups is 2. The zero-order chi connectivity index (χ0) is 18.4. The maximum Gasteiger partial charge on any atom is 0.312 e. The van der Waals surface area contributed by atoms with Gasteiger partial charge in [-0.05, 0) is 18.2 Å². The fourth-order valence-corrected chi connectivity index (χ4v) is 2.29. The number of primary amides is 1. The van der Waals surface area contributed by atoms with E-state index in [0.29, 0.717) is 5.69 Å². The van der Waals surface area contributed by atoms with Gasteiger partial charge in [0.15, 0.2) is 0 Å². The highest BCUT2D eigenvalue weighted by Gasteiger charge is 2.20. The molecular formula is C17H20FN5O2. The second-order valence-electron chi connectivity index (χ2n) is 5.63. The number of halogens is 1. The standard InChI is InChI=1S/C17H20FN5O2/c1-23(2)15-8-7-11(10-20-15)21-16(24)9-14(22-17(19)25)12-5-3-4-6-13(12)18/h3-8,10,14H,9H2,1-2H3,(H,21,24)(H3,19,22,25)/t14-/m0/s1. The number of aromatic nitrogens is 1. The second-order valence-corrected chi connectivity index (χ2v) is 5.63. The van der Waals surface area contributed by atoms with E-state index in [0.717, 1.165) is 5.82 Å². The molecule has 2 rings (SSSR count). The highest BCUT2D eigenvalue weighted by Crippen LogP contribution is 2.21. The van der Waals surface area contributed by atoms with E-state index < -0.39 is 23.8 Å². The summed E-state index contributed by atoms with van der Waals surface area (Å²) in [5, 5.41) is 5.06. The fraction of sp³-hybridized carbons (Fsp3) is 0.235. The number of nitrogens with zero attached hydrogens (tertiary/aromatic N) is 2. The highest BCUT2D eigenvalue weighted by molar-refractivity contribution is 5.91. The number of hydrogen-bond acceptors (Lipinski definition) is 4. The Morgan fingerprint density at radius 2 is 1.96 bits per heavy atom. The van der Waals surface area contributed by atoms with Crippen LogP contribution in [0.25, 0.3) is 0 Å². The molecule has 0 aliphatic rings. The molecule has 0 unspecified atom stereocenters. The molecule has 25 heavy (non-hydrogen) atoms. The molecule has 7 nitrogen and oxygen atoms in total. The van der Waals surface area contributed by atoms with Gasteiger partial charge in [0.1, 0.15) is 11.6 Å². The molecule has 4 N–H and O–H groups in total. The fourth-order valence-electron chi connectivity index (χ4n) is 2.29. The van der Waals surface area contributed by atoms with Crippen LogP contribution in [-0.2, 0) is 4.79 Å². The van der Waals surface area contributed by atoms with Gasteiger partial charge in [-0.1, -0.05) is 18.2 Å². The van der Waals surface area contributed by atoms with Crippen molar-refractivity contribution in [3.63, 3.8) is 0 Å². The SMILES string of the molecule is CN(C)c1ccc(NC(=O)C[C@H](NC(N)=O)c2ccccc2F)cn1. The van der Waals surface area contributed by atoms with E-state index in [2.05, 4.69) is 15.6 Å². The number of amides is 3. The van der Waals surface area contributed by atoms with Gasteiger partial charge >= 0.3 is 6.03 Å². The van der Waals surface area contributed by atoms with Crippen molar-refractivity contribution in [3.05, 3.63) is 54.0 Å². The van der Waals surface area contributed by atoms with Crippen LogP contribution in [0.4, 0.5) is 20.7 Å². The number of carbonyl (C=O) groups excluding carboxylic acids is 2. The number of pyridine rings is 1. The number of nitrogens with two attached hydrogens (primary N) is 1. The summed E-state index contributed by atoms with van der Waals surface area (Å²) in [5.41, 5.74) is 5.83. The van der Waals surface area contributed by atoms with Gasteiger partial charge in [-0.15, -0.1) is 0 Å². The highest BCUT2D eigenvalue weighted by atomic mass is 19.1. The van der Waals surface area contributed by atoms with Crippen molar-refractivity contribution in [2.75, 3.05) is 24.3 Å². The minimum absolute atomic E-state index is 0.167. The molecule has 1 aromatic heterocycles. The summed E-state index contributed by atoms with van der Waals surface area (Å²) in [6.07, 6.45) is 1.35. The minimum atomic E-state index is -0.868. The Balaban J connectivity index is 2.09. The molecule has 0 aliphatic heterocycles. The molecule has 0 spiro atoms. The zero-order valence-corrected chi connectivity index (χ0v) is 14.0. The Morgan fingerprint density at radius 3 is 2.52 bits per heavy atom. The van der Waals surface area contributed by atoms with Crippen LogP contribution in [0.2, 0.25) is 0 Å². The number of urea groups is 1. The Labute approximate surface area is 145 Å². The van der Waals surface area contributed by atoms with Crippen molar-refractivity contribution in [2.45, 2.75) is 12.5 Å². The Kier molecular flexibility index (Phi) is 5.89. The number of benzene rings is 1. The molecule has 3 amide bonds. The summed E-state index contributed by atoms with van der Waals surface area (Å²) in [7, 11) is 3.71. The van der Waals surface area contributed by atoms with Gasteiger partial charge in [0.05, 0.1) is 24.3 Å². The molecule has 1 heterocycles. The van der Waals surface area contributed by atoms with Crippen LogP contribution in [0, 0.1) is 5.82 Å². The molecule has 0 saturated heterocycles. The largest absolute Gasteiger partial charge is 0.363 e. The van der Waals surface area contributed by atoms with Gasteiger partial charge < -0.3 is 21.3 Å². The summed E-state index contributed by atoms with van der Waals surface area (Å²) >= 11 is 0.